The van der Waals surface area contributed by atoms with Gasteiger partial charge in [-0.3, -0.25) is 4.79 Å². The molecule has 0 spiro atoms. The molecule has 1 aliphatic carbocycles. The molecule has 1 aliphatic rings. The predicted molar refractivity (Wildman–Crippen MR) is 135 cm³/mol. The zero-order valence-electron chi connectivity index (χ0n) is 20.0. The fourth-order valence-electron chi connectivity index (χ4n) is 4.58. The van der Waals surface area contributed by atoms with Gasteiger partial charge in [-0.1, -0.05) is 31.0 Å². The Balaban J connectivity index is 1.50. The van der Waals surface area contributed by atoms with Gasteiger partial charge < -0.3 is 14.6 Å². The lowest BCUT2D eigenvalue weighted by molar-refractivity contribution is -0.117. The molecule has 0 saturated heterocycles. The third-order valence-corrected chi connectivity index (χ3v) is 6.45. The first kappa shape index (κ1) is 23.9. The zero-order valence-corrected chi connectivity index (χ0v) is 20.0. The van der Waals surface area contributed by atoms with E-state index in [0.717, 1.165) is 53.9 Å². The molecule has 1 heterocycles. The van der Waals surface area contributed by atoms with E-state index < -0.39 is 0 Å². The van der Waals surface area contributed by atoms with Crippen LogP contribution in [0, 0.1) is 36.5 Å². The van der Waals surface area contributed by atoms with E-state index in [0.29, 0.717) is 17.9 Å². The van der Waals surface area contributed by atoms with Crippen molar-refractivity contribution in [1.82, 2.24) is 9.88 Å². The monoisotopic (exact) mass is 464 g/mol. The number of hydrogen-bond donors (Lipinski definition) is 1. The maximum Gasteiger partial charge on any atom is 0.262 e. The molecule has 0 unspecified atom stereocenters. The molecule has 1 saturated carbocycles. The minimum absolute atomic E-state index is 0.124. The van der Waals surface area contributed by atoms with Crippen molar-refractivity contribution in [1.29, 1.82) is 10.5 Å². The number of hydrogen-bond acceptors (Lipinski definition) is 4. The van der Waals surface area contributed by atoms with Crippen LogP contribution in [-0.2, 0) is 11.4 Å². The molecule has 1 N–H and O–H groups in total. The van der Waals surface area contributed by atoms with E-state index >= 15 is 0 Å². The first-order chi connectivity index (χ1) is 17.0. The van der Waals surface area contributed by atoms with Crippen molar-refractivity contribution in [2.45, 2.75) is 52.2 Å². The molecule has 6 heteroatoms. The minimum atomic E-state index is -0.302. The average molecular weight is 465 g/mol. The summed E-state index contributed by atoms with van der Waals surface area (Å²) in [4.78, 5) is 12.6. The van der Waals surface area contributed by atoms with E-state index in [-0.39, 0.29) is 17.5 Å². The molecule has 1 fully saturated rings. The maximum absolute atomic E-state index is 12.6. The van der Waals surface area contributed by atoms with E-state index in [2.05, 4.69) is 22.0 Å². The number of aromatic nitrogens is 1. The van der Waals surface area contributed by atoms with Crippen molar-refractivity contribution in [2.24, 2.45) is 0 Å². The zero-order chi connectivity index (χ0) is 24.8. The first-order valence-electron chi connectivity index (χ1n) is 11.8. The van der Waals surface area contributed by atoms with Crippen LogP contribution in [0.3, 0.4) is 0 Å². The number of carbonyl (C=O) groups excluding carboxylic acids is 1. The lowest BCUT2D eigenvalue weighted by Crippen LogP contribution is -2.33. The third kappa shape index (κ3) is 5.45. The van der Waals surface area contributed by atoms with E-state index in [1.54, 1.807) is 12.1 Å². The van der Waals surface area contributed by atoms with Gasteiger partial charge in [0.05, 0.1) is 11.6 Å². The second-order valence-electron chi connectivity index (χ2n) is 8.84. The molecule has 0 aliphatic heterocycles. The highest BCUT2D eigenvalue weighted by Gasteiger charge is 2.20. The summed E-state index contributed by atoms with van der Waals surface area (Å²) < 4.78 is 7.98. The van der Waals surface area contributed by atoms with Gasteiger partial charge in [-0.05, 0) is 74.7 Å². The van der Waals surface area contributed by atoms with Gasteiger partial charge in [0, 0.05) is 28.7 Å². The summed E-state index contributed by atoms with van der Waals surface area (Å²) in [5.74, 6) is 0.406. The van der Waals surface area contributed by atoms with E-state index in [1.807, 2.05) is 62.4 Å². The van der Waals surface area contributed by atoms with Gasteiger partial charge in [0.15, 0.2) is 0 Å². The number of ether oxygens (including phenoxy) is 1. The molecule has 0 atom stereocenters. The number of nitriles is 2. The summed E-state index contributed by atoms with van der Waals surface area (Å²) in [6, 6.07) is 21.5. The van der Waals surface area contributed by atoms with Gasteiger partial charge in [-0.2, -0.15) is 10.5 Å². The molecule has 3 aromatic rings. The molecular formula is C29H28N4O2. The quantitative estimate of drug-likeness (QED) is 0.369. The average Bonchev–Trinajstić information content (AvgIpc) is 3.48. The fourth-order valence-corrected chi connectivity index (χ4v) is 4.58. The molecule has 2 aromatic carbocycles. The highest BCUT2D eigenvalue weighted by molar-refractivity contribution is 6.02. The number of rotatable bonds is 7. The highest BCUT2D eigenvalue weighted by atomic mass is 16.5. The third-order valence-electron chi connectivity index (χ3n) is 6.45. The Bertz CT molecular complexity index is 1330. The van der Waals surface area contributed by atoms with Crippen molar-refractivity contribution in [2.75, 3.05) is 0 Å². The highest BCUT2D eigenvalue weighted by Crippen LogP contribution is 2.25. The Labute approximate surface area is 206 Å². The number of aryl methyl sites for hydroxylation is 1. The van der Waals surface area contributed by atoms with Crippen LogP contribution in [0.15, 0.2) is 60.2 Å². The smallest absolute Gasteiger partial charge is 0.262 e. The summed E-state index contributed by atoms with van der Waals surface area (Å²) in [5.41, 5.74) is 5.32. The maximum atomic E-state index is 12.6. The SMILES string of the molecule is Cc1cc(/C=C(/C#N)C(=O)NC2CCCC2)c(C)n1-c1ccc(OCc2ccccc2C#N)cc1. The Morgan fingerprint density at radius 1 is 1.11 bits per heavy atom. The predicted octanol–water partition coefficient (Wildman–Crippen LogP) is 5.51. The van der Waals surface area contributed by atoms with Crippen molar-refractivity contribution in [3.05, 3.63) is 88.2 Å². The Hall–Kier alpha value is -4.29. The number of benzene rings is 2. The van der Waals surface area contributed by atoms with Gasteiger partial charge in [0.2, 0.25) is 0 Å². The van der Waals surface area contributed by atoms with Crippen LogP contribution in [0.1, 0.15) is 53.8 Å². The van der Waals surface area contributed by atoms with Gasteiger partial charge in [-0.15, -0.1) is 0 Å². The molecule has 35 heavy (non-hydrogen) atoms. The topological polar surface area (TPSA) is 90.8 Å². The Morgan fingerprint density at radius 2 is 1.83 bits per heavy atom. The molecule has 0 radical (unpaired) electrons. The number of nitrogens with zero attached hydrogens (tertiary/aromatic N) is 3. The van der Waals surface area contributed by atoms with Crippen molar-refractivity contribution in [3.8, 4) is 23.6 Å². The molecule has 176 valence electrons. The van der Waals surface area contributed by atoms with Crippen LogP contribution >= 0.6 is 0 Å². The van der Waals surface area contributed by atoms with Gasteiger partial charge >= 0.3 is 0 Å². The molecule has 0 bridgehead atoms. The van der Waals surface area contributed by atoms with Crippen molar-refractivity contribution < 1.29 is 9.53 Å². The van der Waals surface area contributed by atoms with Crippen LogP contribution in [0.4, 0.5) is 0 Å². The van der Waals surface area contributed by atoms with E-state index in [9.17, 15) is 15.3 Å². The van der Waals surface area contributed by atoms with Crippen LogP contribution in [-0.4, -0.2) is 16.5 Å². The van der Waals surface area contributed by atoms with Gasteiger partial charge in [-0.25, -0.2) is 0 Å². The van der Waals surface area contributed by atoms with E-state index in [1.165, 1.54) is 0 Å². The van der Waals surface area contributed by atoms with Gasteiger partial charge in [0.1, 0.15) is 24.0 Å². The Kier molecular flexibility index (Phi) is 7.33. The van der Waals surface area contributed by atoms with Crippen LogP contribution in [0.5, 0.6) is 5.75 Å². The largest absolute Gasteiger partial charge is 0.489 e. The van der Waals surface area contributed by atoms with Crippen molar-refractivity contribution in [3.63, 3.8) is 0 Å². The number of nitrogens with one attached hydrogen (secondary N) is 1. The second-order valence-corrected chi connectivity index (χ2v) is 8.84. The molecule has 6 nitrogen and oxygen atoms in total. The second kappa shape index (κ2) is 10.8. The fraction of sp³-hybridized carbons (Fsp3) is 0.276. The summed E-state index contributed by atoms with van der Waals surface area (Å²) in [5, 5.41) is 21.8. The van der Waals surface area contributed by atoms with Crippen LogP contribution in [0.25, 0.3) is 11.8 Å². The van der Waals surface area contributed by atoms with E-state index in [4.69, 9.17) is 4.74 Å². The summed E-state index contributed by atoms with van der Waals surface area (Å²) in [6.07, 6.45) is 5.86. The number of carbonyl (C=O) groups is 1. The molecule has 1 aromatic heterocycles. The summed E-state index contributed by atoms with van der Waals surface area (Å²) >= 11 is 0. The van der Waals surface area contributed by atoms with Crippen LogP contribution < -0.4 is 10.1 Å². The lowest BCUT2D eigenvalue weighted by atomic mass is 10.1. The first-order valence-corrected chi connectivity index (χ1v) is 11.8. The molecule has 1 amide bonds. The Morgan fingerprint density at radius 3 is 2.51 bits per heavy atom. The van der Waals surface area contributed by atoms with Gasteiger partial charge in [0.25, 0.3) is 5.91 Å². The number of amides is 1. The molecule has 4 rings (SSSR count). The summed E-state index contributed by atoms with van der Waals surface area (Å²) in [6.45, 7) is 4.30. The van der Waals surface area contributed by atoms with Crippen LogP contribution in [0.2, 0.25) is 0 Å². The standard InChI is InChI=1S/C29H28N4O2/c1-20-15-24(16-25(18-31)29(34)32-26-9-5-6-10-26)21(2)33(20)27-11-13-28(14-12-27)35-19-23-8-4-3-7-22(23)17-30/h3-4,7-8,11-16,26H,5-6,9-10,19H2,1-2H3,(H,32,34)/b25-16-. The minimum Gasteiger partial charge on any atom is -0.489 e. The lowest BCUT2D eigenvalue weighted by Gasteiger charge is -2.12. The van der Waals surface area contributed by atoms with Crippen molar-refractivity contribution >= 4 is 12.0 Å². The molecular weight excluding hydrogens is 436 g/mol. The normalized spacial score (nSPS) is 13.8. The summed E-state index contributed by atoms with van der Waals surface area (Å²) in [7, 11) is 0.